The van der Waals surface area contributed by atoms with E-state index in [1.807, 2.05) is 0 Å². The Kier molecular flexibility index (Phi) is 14.2. The zero-order chi connectivity index (χ0) is 42.5. The number of phenols is 2. The zero-order valence-electron chi connectivity index (χ0n) is 33.5. The van der Waals surface area contributed by atoms with E-state index >= 15 is 0 Å². The van der Waals surface area contributed by atoms with Gasteiger partial charge < -0.3 is 55.5 Å². The second-order valence-electron chi connectivity index (χ2n) is 14.6. The lowest BCUT2D eigenvalue weighted by atomic mass is 9.78. The number of aliphatic hydroxyl groups is 3. The fourth-order valence-corrected chi connectivity index (χ4v) is 7.03. The molecule has 2 aromatic rings. The second kappa shape index (κ2) is 18.3. The van der Waals surface area contributed by atoms with Crippen LogP contribution in [0.5, 0.6) is 17.2 Å². The zero-order valence-corrected chi connectivity index (χ0v) is 33.5. The van der Waals surface area contributed by atoms with Crippen LogP contribution in [0.3, 0.4) is 0 Å². The maximum atomic E-state index is 14.4. The molecule has 3 aliphatic rings. The van der Waals surface area contributed by atoms with E-state index in [9.17, 15) is 34.8 Å². The number of ether oxygens (including phenoxy) is 4. The van der Waals surface area contributed by atoms with Crippen molar-refractivity contribution in [2.24, 2.45) is 44.6 Å². The molecule has 0 spiro atoms. The first-order chi connectivity index (χ1) is 26.8. The predicted octanol–water partition coefficient (Wildman–Crippen LogP) is 4.44. The van der Waals surface area contributed by atoms with Crippen LogP contribution in [0, 0.1) is 30.6 Å². The molecule has 1 amide bonds. The molecule has 0 aliphatic carbocycles. The van der Waals surface area contributed by atoms with Gasteiger partial charge in [0, 0.05) is 61.2 Å². The number of aromatic hydroxyl groups is 2. The number of fused-ring (bicyclic) bond motifs is 14. The summed E-state index contributed by atoms with van der Waals surface area (Å²) in [5.74, 6) is -8.00. The number of methoxy groups -OCH3 is 1. The van der Waals surface area contributed by atoms with Crippen LogP contribution in [-0.4, -0.2) is 99.6 Å². The van der Waals surface area contributed by atoms with E-state index in [0.717, 1.165) is 0 Å². The summed E-state index contributed by atoms with van der Waals surface area (Å²) in [4.78, 5) is 44.0. The molecule has 3 aliphatic heterocycles. The highest BCUT2D eigenvalue weighted by Gasteiger charge is 2.49. The lowest BCUT2D eigenvalue weighted by molar-refractivity contribution is -0.160. The Hall–Kier alpha value is -5.36. The molecule has 0 unspecified atom stereocenters. The fraction of sp³-hybridized carbons (Fsp3) is 0.500. The molecule has 9 atom stereocenters. The van der Waals surface area contributed by atoms with Crippen LogP contribution in [-0.2, 0) is 23.8 Å². The number of carbonyl (C=O) groups is 3. The van der Waals surface area contributed by atoms with Crippen LogP contribution in [0.25, 0.3) is 10.8 Å². The first-order valence-electron chi connectivity index (χ1n) is 18.5. The van der Waals surface area contributed by atoms with Crippen molar-refractivity contribution in [1.29, 1.82) is 0 Å². The highest BCUT2D eigenvalue weighted by molar-refractivity contribution is 6.22. The Morgan fingerprint density at radius 3 is 2.33 bits per heavy atom. The summed E-state index contributed by atoms with van der Waals surface area (Å²) in [5, 5.41) is 65.3. The van der Waals surface area contributed by atoms with E-state index in [1.54, 1.807) is 39.8 Å². The summed E-state index contributed by atoms with van der Waals surface area (Å²) in [5.41, 5.74) is 5.65. The Balaban J connectivity index is 1.96. The number of azo groups is 1. The second-order valence-corrected chi connectivity index (χ2v) is 14.6. The molecule has 17 heteroatoms. The number of aliphatic imine (C=N–C) groups is 1. The molecule has 0 aromatic heterocycles. The van der Waals surface area contributed by atoms with Crippen LogP contribution >= 0.6 is 0 Å². The van der Waals surface area contributed by atoms with Gasteiger partial charge in [0.1, 0.15) is 17.6 Å². The minimum Gasteiger partial charge on any atom is -0.507 e. The van der Waals surface area contributed by atoms with Gasteiger partial charge >= 0.3 is 11.8 Å². The molecule has 8 N–H and O–H groups in total. The first-order valence-corrected chi connectivity index (χ1v) is 18.5. The van der Waals surface area contributed by atoms with E-state index in [2.05, 4.69) is 20.5 Å². The number of carbonyl (C=O) groups excluding carboxylic acids is 3. The van der Waals surface area contributed by atoms with E-state index in [1.165, 1.54) is 59.3 Å². The van der Waals surface area contributed by atoms with Crippen molar-refractivity contribution in [3.63, 3.8) is 0 Å². The Morgan fingerprint density at radius 2 is 1.70 bits per heavy atom. The quantitative estimate of drug-likeness (QED) is 0.0727. The van der Waals surface area contributed by atoms with Crippen molar-refractivity contribution in [3.05, 3.63) is 53.3 Å². The van der Waals surface area contributed by atoms with Gasteiger partial charge in [-0.2, -0.15) is 0 Å². The smallest absolute Gasteiger partial charge is 0.312 e. The van der Waals surface area contributed by atoms with Crippen molar-refractivity contribution in [3.8, 4) is 17.2 Å². The topological polar surface area (TPSA) is 264 Å². The molecule has 0 radical (unpaired) electrons. The number of amides is 1. The van der Waals surface area contributed by atoms with Gasteiger partial charge in [-0.25, -0.2) is 4.99 Å². The third-order valence-corrected chi connectivity index (χ3v) is 10.5. The van der Waals surface area contributed by atoms with Gasteiger partial charge in [0.05, 0.1) is 60.1 Å². The van der Waals surface area contributed by atoms with Crippen molar-refractivity contribution < 1.29 is 58.9 Å². The van der Waals surface area contributed by atoms with Gasteiger partial charge in [-0.3, -0.25) is 14.4 Å². The number of nitrogens with zero attached hydrogens (tertiary/aromatic N) is 3. The van der Waals surface area contributed by atoms with Crippen molar-refractivity contribution >= 4 is 45.8 Å². The van der Waals surface area contributed by atoms with Crippen molar-refractivity contribution in [1.82, 2.24) is 0 Å². The molecule has 310 valence electrons. The molecule has 5 bridgehead atoms. The summed E-state index contributed by atoms with van der Waals surface area (Å²) in [6.45, 7) is 12.1. The third kappa shape index (κ3) is 9.28. The number of nitrogens with two attached hydrogens (primary N) is 1. The summed E-state index contributed by atoms with van der Waals surface area (Å²) < 4.78 is 23.5. The van der Waals surface area contributed by atoms with E-state index in [0.29, 0.717) is 0 Å². The van der Waals surface area contributed by atoms with Gasteiger partial charge in [-0.15, -0.1) is 10.2 Å². The molecule has 57 heavy (non-hydrogen) atoms. The van der Waals surface area contributed by atoms with Crippen LogP contribution in [0.2, 0.25) is 0 Å². The molecule has 0 fully saturated rings. The lowest BCUT2D eigenvalue weighted by Crippen LogP contribution is -2.46. The molecular formula is C40H53N5O12. The number of anilines is 1. The number of nitrogens with one attached hydrogen (secondary N) is 1. The minimum atomic E-state index is -2.03. The van der Waals surface area contributed by atoms with Gasteiger partial charge in [-0.1, -0.05) is 45.9 Å². The number of rotatable bonds is 5. The number of hydrogen-bond donors (Lipinski definition) is 7. The number of ketones is 1. The fourth-order valence-electron chi connectivity index (χ4n) is 7.03. The summed E-state index contributed by atoms with van der Waals surface area (Å²) in [6, 6.07) is 1.23. The molecule has 17 nitrogen and oxygen atoms in total. The molecule has 0 saturated carbocycles. The number of guanidine groups is 1. The number of aliphatic hydroxyl groups excluding tert-OH is 3. The summed E-state index contributed by atoms with van der Waals surface area (Å²) in [6.07, 6.45) is 3.50. The number of allylic oxidation sites excluding steroid dienone is 2. The van der Waals surface area contributed by atoms with Gasteiger partial charge in [0.15, 0.2) is 5.75 Å². The molecule has 2 aromatic carbocycles. The highest BCUT2D eigenvalue weighted by atomic mass is 16.7. The minimum absolute atomic E-state index is 0.0604. The SMILES string of the molecule is CO[C@H]1/C=C/O[C@@]2(C)Oc3c(C)c(O)c4c(O)c(cc(N=NC(N)=NCCO)c4c3C2=O)NC(=O)/C(C)=C\C=C\[C@H](C)[C@H](O)[C@@H](C)[C@@H](O)[C@H](C)[C@H](OC(C)=O)[C@H]1C. The molecule has 0 saturated heterocycles. The maximum Gasteiger partial charge on any atom is 0.312 e. The van der Waals surface area contributed by atoms with Crippen LogP contribution in [0.1, 0.15) is 64.4 Å². The van der Waals surface area contributed by atoms with E-state index in [4.69, 9.17) is 29.8 Å². The predicted molar refractivity (Wildman–Crippen MR) is 210 cm³/mol. The van der Waals surface area contributed by atoms with Gasteiger partial charge in [0.25, 0.3) is 11.7 Å². The summed E-state index contributed by atoms with van der Waals surface area (Å²) in [7, 11) is 1.43. The largest absolute Gasteiger partial charge is 0.507 e. The Labute approximate surface area is 330 Å². The lowest BCUT2D eigenvalue weighted by Gasteiger charge is -2.38. The van der Waals surface area contributed by atoms with E-state index in [-0.39, 0.29) is 63.7 Å². The van der Waals surface area contributed by atoms with Crippen molar-refractivity contribution in [2.75, 3.05) is 25.6 Å². The van der Waals surface area contributed by atoms with Crippen LogP contribution in [0.15, 0.2) is 57.4 Å². The standard InChI is InChI=1S/C40H53N5O12/c1-18-11-10-12-19(2)38(53)43-26-17-25(44-45-39(41)42-14-15-46)28-29(34(26)51)33(50)23(6)36-30(28)37(52)40(8,57-36)55-16-13-27(54-9)20(3)35(56-24(7)47)22(5)32(49)21(4)31(18)48/h10-13,16-18,20-22,27,31-32,35,46,48-51H,14-15H2,1-9H3,(H2,41,42)(H,43,53)/b11-10+,16-13+,19-12-,45-44?/t18-,20-,21+,22-,27-,31-,32+,35+,40-/m0/s1. The number of Topliss-reactive ketones (excluding diaryl/α,β-unsaturated/α-hetero) is 1. The van der Waals surface area contributed by atoms with E-state index < -0.39 is 83.0 Å². The van der Waals surface area contributed by atoms with Crippen LogP contribution < -0.4 is 15.8 Å². The molecule has 3 heterocycles. The van der Waals surface area contributed by atoms with Crippen molar-refractivity contribution in [2.45, 2.75) is 85.6 Å². The van der Waals surface area contributed by atoms with Crippen LogP contribution in [0.4, 0.5) is 11.4 Å². The number of esters is 1. The maximum absolute atomic E-state index is 14.4. The average Bonchev–Trinajstić information content (AvgIpc) is 3.44. The van der Waals surface area contributed by atoms with Gasteiger partial charge in [0.2, 0.25) is 5.96 Å². The van der Waals surface area contributed by atoms with Gasteiger partial charge in [-0.05, 0) is 26.0 Å². The number of hydrogen-bond acceptors (Lipinski definition) is 14. The first kappa shape index (κ1) is 44.4. The number of benzene rings is 2. The Morgan fingerprint density at radius 1 is 1.02 bits per heavy atom. The number of phenolic OH excluding ortho intramolecular Hbond substituents is 2. The highest BCUT2D eigenvalue weighted by Crippen LogP contribution is 2.54. The normalized spacial score (nSPS) is 31.1. The third-order valence-electron chi connectivity index (χ3n) is 10.5. The summed E-state index contributed by atoms with van der Waals surface area (Å²) >= 11 is 0. The Bertz CT molecular complexity index is 2030. The average molecular weight is 796 g/mol. The monoisotopic (exact) mass is 795 g/mol. The molecular weight excluding hydrogens is 742 g/mol. The molecule has 5 rings (SSSR count).